The first kappa shape index (κ1) is 14.9. The zero-order chi connectivity index (χ0) is 16.4. The topological polar surface area (TPSA) is 51.8 Å². The first-order valence-electron chi connectivity index (χ1n) is 7.66. The Kier molecular flexibility index (Phi) is 4.01. The number of hydrogen-bond acceptors (Lipinski definition) is 5. The Morgan fingerprint density at radius 1 is 0.958 bits per heavy atom. The standard InChI is InChI=1S/C19H15N3OS/c1-13-11-18(20-16-10-6-5-9-15(13)16)24-12-17-21-22-19(23-17)14-7-3-2-4-8-14/h2-11H,12H2,1H3. The lowest BCUT2D eigenvalue weighted by atomic mass is 10.1. The minimum Gasteiger partial charge on any atom is -0.420 e. The van der Waals surface area contributed by atoms with E-state index in [1.807, 2.05) is 48.5 Å². The van der Waals surface area contributed by atoms with Gasteiger partial charge in [0.25, 0.3) is 0 Å². The minimum absolute atomic E-state index is 0.550. The summed E-state index contributed by atoms with van der Waals surface area (Å²) in [5, 5.41) is 10.4. The number of para-hydroxylation sites is 1. The summed E-state index contributed by atoms with van der Waals surface area (Å²) >= 11 is 1.60. The zero-order valence-electron chi connectivity index (χ0n) is 13.1. The molecule has 0 atom stereocenters. The molecule has 0 fully saturated rings. The largest absolute Gasteiger partial charge is 0.420 e. The Balaban J connectivity index is 1.52. The molecule has 5 heteroatoms. The highest BCUT2D eigenvalue weighted by molar-refractivity contribution is 7.98. The molecule has 4 nitrogen and oxygen atoms in total. The van der Waals surface area contributed by atoms with E-state index in [1.165, 1.54) is 10.9 Å². The van der Waals surface area contributed by atoms with Crippen molar-refractivity contribution >= 4 is 22.7 Å². The van der Waals surface area contributed by atoms with Gasteiger partial charge in [-0.05, 0) is 36.8 Å². The number of aromatic nitrogens is 3. The fraction of sp³-hybridized carbons (Fsp3) is 0.105. The summed E-state index contributed by atoms with van der Waals surface area (Å²) in [6.45, 7) is 2.11. The van der Waals surface area contributed by atoms with Crippen molar-refractivity contribution in [3.05, 3.63) is 72.1 Å². The van der Waals surface area contributed by atoms with Crippen molar-refractivity contribution < 1.29 is 4.42 Å². The Morgan fingerprint density at radius 3 is 2.62 bits per heavy atom. The first-order chi connectivity index (χ1) is 11.8. The van der Waals surface area contributed by atoms with Crippen molar-refractivity contribution in [2.75, 3.05) is 0 Å². The molecule has 118 valence electrons. The summed E-state index contributed by atoms with van der Waals surface area (Å²) in [4.78, 5) is 4.69. The summed E-state index contributed by atoms with van der Waals surface area (Å²) in [5.74, 6) is 1.75. The second kappa shape index (κ2) is 6.45. The van der Waals surface area contributed by atoms with E-state index in [1.54, 1.807) is 11.8 Å². The van der Waals surface area contributed by atoms with E-state index < -0.39 is 0 Å². The second-order valence-corrected chi connectivity index (χ2v) is 6.45. The van der Waals surface area contributed by atoms with E-state index in [0.717, 1.165) is 16.1 Å². The molecule has 0 bridgehead atoms. The molecule has 24 heavy (non-hydrogen) atoms. The molecule has 4 rings (SSSR count). The maximum Gasteiger partial charge on any atom is 0.247 e. The molecule has 0 saturated heterocycles. The lowest BCUT2D eigenvalue weighted by molar-refractivity contribution is 0.528. The normalized spacial score (nSPS) is 11.0. The van der Waals surface area contributed by atoms with E-state index in [9.17, 15) is 0 Å². The van der Waals surface area contributed by atoms with E-state index in [4.69, 9.17) is 4.42 Å². The molecular weight excluding hydrogens is 318 g/mol. The monoisotopic (exact) mass is 333 g/mol. The van der Waals surface area contributed by atoms with Gasteiger partial charge in [-0.1, -0.05) is 48.2 Å². The maximum absolute atomic E-state index is 5.74. The van der Waals surface area contributed by atoms with Gasteiger partial charge in [-0.3, -0.25) is 0 Å². The third-order valence-electron chi connectivity index (χ3n) is 3.73. The van der Waals surface area contributed by atoms with Crippen LogP contribution in [0.2, 0.25) is 0 Å². The third-order valence-corrected chi connectivity index (χ3v) is 4.63. The van der Waals surface area contributed by atoms with Crippen molar-refractivity contribution in [2.45, 2.75) is 17.7 Å². The second-order valence-electron chi connectivity index (χ2n) is 5.45. The molecule has 0 saturated carbocycles. The fourth-order valence-electron chi connectivity index (χ4n) is 2.54. The van der Waals surface area contributed by atoms with Gasteiger partial charge in [0.15, 0.2) is 0 Å². The van der Waals surface area contributed by atoms with Crippen LogP contribution in [0.4, 0.5) is 0 Å². The summed E-state index contributed by atoms with van der Waals surface area (Å²) < 4.78 is 5.74. The van der Waals surface area contributed by atoms with Crippen LogP contribution in [-0.2, 0) is 5.75 Å². The van der Waals surface area contributed by atoms with Crippen LogP contribution in [-0.4, -0.2) is 15.2 Å². The van der Waals surface area contributed by atoms with Gasteiger partial charge in [-0.15, -0.1) is 10.2 Å². The average Bonchev–Trinajstić information content (AvgIpc) is 3.10. The molecule has 4 aromatic rings. The number of fused-ring (bicyclic) bond motifs is 1. The molecule has 0 amide bonds. The highest BCUT2D eigenvalue weighted by Gasteiger charge is 2.10. The zero-order valence-corrected chi connectivity index (χ0v) is 14.0. The van der Waals surface area contributed by atoms with Gasteiger partial charge in [-0.25, -0.2) is 4.98 Å². The Morgan fingerprint density at radius 2 is 1.75 bits per heavy atom. The van der Waals surface area contributed by atoms with Gasteiger partial charge in [0.2, 0.25) is 11.8 Å². The lowest BCUT2D eigenvalue weighted by Crippen LogP contribution is -1.88. The summed E-state index contributed by atoms with van der Waals surface area (Å²) in [6.07, 6.45) is 0. The molecule has 0 unspecified atom stereocenters. The van der Waals surface area contributed by atoms with Gasteiger partial charge in [0, 0.05) is 10.9 Å². The van der Waals surface area contributed by atoms with Crippen LogP contribution in [0, 0.1) is 6.92 Å². The van der Waals surface area contributed by atoms with E-state index in [2.05, 4.69) is 34.2 Å². The lowest BCUT2D eigenvalue weighted by Gasteiger charge is -2.04. The molecule has 0 radical (unpaired) electrons. The molecule has 2 heterocycles. The van der Waals surface area contributed by atoms with E-state index in [-0.39, 0.29) is 0 Å². The Bertz CT molecular complexity index is 982. The predicted octanol–water partition coefficient (Wildman–Crippen LogP) is 4.89. The van der Waals surface area contributed by atoms with Crippen LogP contribution in [0.1, 0.15) is 11.5 Å². The number of hydrogen-bond donors (Lipinski definition) is 0. The van der Waals surface area contributed by atoms with Crippen LogP contribution < -0.4 is 0 Å². The highest BCUT2D eigenvalue weighted by Crippen LogP contribution is 2.26. The Hall–Kier alpha value is -2.66. The van der Waals surface area contributed by atoms with Crippen LogP contribution in [0.5, 0.6) is 0 Å². The van der Waals surface area contributed by atoms with Gasteiger partial charge in [0.1, 0.15) is 0 Å². The smallest absolute Gasteiger partial charge is 0.247 e. The maximum atomic E-state index is 5.74. The third kappa shape index (κ3) is 3.03. The SMILES string of the molecule is Cc1cc(SCc2nnc(-c3ccccc3)o2)nc2ccccc12. The van der Waals surface area contributed by atoms with E-state index >= 15 is 0 Å². The number of pyridine rings is 1. The van der Waals surface area contributed by atoms with Gasteiger partial charge >= 0.3 is 0 Å². The molecule has 2 aromatic carbocycles. The van der Waals surface area contributed by atoms with E-state index in [0.29, 0.717) is 17.5 Å². The van der Waals surface area contributed by atoms with Crippen LogP contribution in [0.15, 0.2) is 70.1 Å². The molecule has 0 aliphatic heterocycles. The van der Waals surface area contributed by atoms with Crippen LogP contribution in [0.3, 0.4) is 0 Å². The molecule has 0 N–H and O–H groups in total. The first-order valence-corrected chi connectivity index (χ1v) is 8.65. The van der Waals surface area contributed by atoms with Crippen molar-refractivity contribution in [3.8, 4) is 11.5 Å². The number of aryl methyl sites for hydroxylation is 1. The molecular formula is C19H15N3OS. The predicted molar refractivity (Wildman–Crippen MR) is 95.8 cm³/mol. The minimum atomic E-state index is 0.550. The summed E-state index contributed by atoms with van der Waals surface area (Å²) in [5.41, 5.74) is 3.16. The fourth-order valence-corrected chi connectivity index (χ4v) is 3.35. The summed E-state index contributed by atoms with van der Waals surface area (Å²) in [7, 11) is 0. The number of thioether (sulfide) groups is 1. The molecule has 0 aliphatic rings. The van der Waals surface area contributed by atoms with Gasteiger partial charge in [0.05, 0.1) is 16.3 Å². The molecule has 0 spiro atoms. The Labute approximate surface area is 144 Å². The van der Waals surface area contributed by atoms with Crippen LogP contribution in [0.25, 0.3) is 22.4 Å². The van der Waals surface area contributed by atoms with Gasteiger partial charge in [-0.2, -0.15) is 0 Å². The number of rotatable bonds is 4. The molecule has 2 aromatic heterocycles. The van der Waals surface area contributed by atoms with Crippen molar-refractivity contribution in [1.29, 1.82) is 0 Å². The van der Waals surface area contributed by atoms with Crippen molar-refractivity contribution in [2.24, 2.45) is 0 Å². The quantitative estimate of drug-likeness (QED) is 0.498. The van der Waals surface area contributed by atoms with Crippen molar-refractivity contribution in [3.63, 3.8) is 0 Å². The molecule has 0 aliphatic carbocycles. The van der Waals surface area contributed by atoms with Crippen molar-refractivity contribution in [1.82, 2.24) is 15.2 Å². The average molecular weight is 333 g/mol. The van der Waals surface area contributed by atoms with Crippen LogP contribution >= 0.6 is 11.8 Å². The number of nitrogens with zero attached hydrogens (tertiary/aromatic N) is 3. The highest BCUT2D eigenvalue weighted by atomic mass is 32.2. The number of benzene rings is 2. The van der Waals surface area contributed by atoms with Gasteiger partial charge < -0.3 is 4.42 Å². The summed E-state index contributed by atoms with van der Waals surface area (Å²) in [6, 6.07) is 20.1.